The number of ether oxygens (including phenoxy) is 1. The molecular formula is C59H107NO5. The number of allylic oxidation sites excluding steroid dienone is 10. The van der Waals surface area contributed by atoms with E-state index in [0.29, 0.717) is 19.3 Å². The second-order valence-electron chi connectivity index (χ2n) is 19.0. The number of rotatable bonds is 50. The molecule has 0 bridgehead atoms. The highest BCUT2D eigenvalue weighted by molar-refractivity contribution is 5.77. The molecule has 0 heterocycles. The van der Waals surface area contributed by atoms with Crippen LogP contribution < -0.4 is 5.32 Å². The van der Waals surface area contributed by atoms with E-state index in [9.17, 15) is 19.8 Å². The molecule has 0 aromatic carbocycles. The van der Waals surface area contributed by atoms with Crippen molar-refractivity contribution in [2.24, 2.45) is 0 Å². The molecule has 3 unspecified atom stereocenters. The Bertz CT molecular complexity index is 1160. The van der Waals surface area contributed by atoms with E-state index in [0.717, 1.165) is 77.0 Å². The Labute approximate surface area is 403 Å². The first kappa shape index (κ1) is 62.6. The first-order chi connectivity index (χ1) is 32.0. The molecule has 3 atom stereocenters. The molecule has 378 valence electrons. The lowest BCUT2D eigenvalue weighted by molar-refractivity contribution is -0.151. The largest absolute Gasteiger partial charge is 0.462 e. The van der Waals surface area contributed by atoms with Crippen molar-refractivity contribution in [1.82, 2.24) is 5.32 Å². The fourth-order valence-electron chi connectivity index (χ4n) is 8.40. The quantitative estimate of drug-likeness (QED) is 0.0245. The van der Waals surface area contributed by atoms with Gasteiger partial charge in [-0.05, 0) is 77.0 Å². The van der Waals surface area contributed by atoms with Gasteiger partial charge in [-0.3, -0.25) is 9.59 Å². The van der Waals surface area contributed by atoms with Crippen molar-refractivity contribution in [3.05, 3.63) is 60.8 Å². The third kappa shape index (κ3) is 47.8. The molecule has 0 spiro atoms. The molecule has 0 aliphatic carbocycles. The highest BCUT2D eigenvalue weighted by atomic mass is 16.5. The Balaban J connectivity index is 4.48. The summed E-state index contributed by atoms with van der Waals surface area (Å²) in [5.74, 6) is -0.508. The Kier molecular flexibility index (Phi) is 50.6. The predicted octanol–water partition coefficient (Wildman–Crippen LogP) is 17.2. The summed E-state index contributed by atoms with van der Waals surface area (Å²) in [6.45, 7) is 6.33. The second-order valence-corrected chi connectivity index (χ2v) is 19.0. The minimum Gasteiger partial charge on any atom is -0.462 e. The van der Waals surface area contributed by atoms with Crippen LogP contribution in [0.1, 0.15) is 278 Å². The summed E-state index contributed by atoms with van der Waals surface area (Å²) in [6.07, 6.45) is 65.8. The molecule has 0 aliphatic heterocycles. The summed E-state index contributed by atoms with van der Waals surface area (Å²) in [5.41, 5.74) is 0. The molecule has 3 N–H and O–H groups in total. The van der Waals surface area contributed by atoms with Gasteiger partial charge in [0, 0.05) is 6.42 Å². The molecule has 0 aliphatic rings. The maximum atomic E-state index is 13.2. The van der Waals surface area contributed by atoms with Crippen LogP contribution in [0.3, 0.4) is 0 Å². The summed E-state index contributed by atoms with van der Waals surface area (Å²) in [7, 11) is 0. The first-order valence-corrected chi connectivity index (χ1v) is 28.0. The highest BCUT2D eigenvalue weighted by Gasteiger charge is 2.24. The van der Waals surface area contributed by atoms with Crippen molar-refractivity contribution < 1.29 is 24.5 Å². The molecule has 1 amide bonds. The summed E-state index contributed by atoms with van der Waals surface area (Å²) >= 11 is 0. The SMILES string of the molecule is CC/C=C/C=C/C=C\CCCCCC(CC(=O)NC(CO)C(O)CCCCCCCCCCCCCCCCCC)OC(=O)CCCCCCCCCCC/C=C\C/C=C\CCCCC. The van der Waals surface area contributed by atoms with E-state index < -0.39 is 18.2 Å². The lowest BCUT2D eigenvalue weighted by atomic mass is 10.0. The first-order valence-electron chi connectivity index (χ1n) is 28.0. The van der Waals surface area contributed by atoms with Gasteiger partial charge in [0.1, 0.15) is 6.10 Å². The Morgan fingerprint density at radius 3 is 1.42 bits per heavy atom. The number of aliphatic hydroxyl groups excluding tert-OH is 2. The minimum absolute atomic E-state index is 0.0524. The zero-order valence-electron chi connectivity index (χ0n) is 43.1. The Morgan fingerprint density at radius 2 is 0.892 bits per heavy atom. The Morgan fingerprint density at radius 1 is 0.477 bits per heavy atom. The van der Waals surface area contributed by atoms with Crippen LogP contribution in [0.4, 0.5) is 0 Å². The van der Waals surface area contributed by atoms with Gasteiger partial charge < -0.3 is 20.3 Å². The van der Waals surface area contributed by atoms with Crippen LogP contribution in [0.25, 0.3) is 0 Å². The van der Waals surface area contributed by atoms with Crippen LogP contribution in [0, 0.1) is 0 Å². The molecule has 0 radical (unpaired) electrons. The number of carbonyl (C=O) groups is 2. The molecule has 6 heteroatoms. The third-order valence-corrected chi connectivity index (χ3v) is 12.6. The van der Waals surface area contributed by atoms with Crippen molar-refractivity contribution in [2.75, 3.05) is 6.61 Å². The Hall–Kier alpha value is -2.44. The number of unbranched alkanes of at least 4 members (excludes halogenated alkanes) is 30. The zero-order valence-corrected chi connectivity index (χ0v) is 43.1. The van der Waals surface area contributed by atoms with Gasteiger partial charge in [0.2, 0.25) is 5.91 Å². The summed E-state index contributed by atoms with van der Waals surface area (Å²) in [6, 6.07) is -0.715. The van der Waals surface area contributed by atoms with Gasteiger partial charge in [0.05, 0.1) is 25.2 Å². The number of hydrogen-bond donors (Lipinski definition) is 3. The van der Waals surface area contributed by atoms with Gasteiger partial charge in [0.25, 0.3) is 0 Å². The third-order valence-electron chi connectivity index (χ3n) is 12.6. The number of aliphatic hydroxyl groups is 2. The summed E-state index contributed by atoms with van der Waals surface area (Å²) in [5, 5.41) is 23.8. The van der Waals surface area contributed by atoms with Crippen LogP contribution in [0.2, 0.25) is 0 Å². The van der Waals surface area contributed by atoms with Crippen LogP contribution in [-0.4, -0.2) is 46.9 Å². The molecule has 65 heavy (non-hydrogen) atoms. The van der Waals surface area contributed by atoms with Crippen LogP contribution >= 0.6 is 0 Å². The maximum absolute atomic E-state index is 13.2. The molecule has 0 aromatic rings. The molecule has 0 fully saturated rings. The topological polar surface area (TPSA) is 95.9 Å². The monoisotopic (exact) mass is 910 g/mol. The fraction of sp³-hybridized carbons (Fsp3) is 0.797. The van der Waals surface area contributed by atoms with Gasteiger partial charge in [-0.2, -0.15) is 0 Å². The number of carbonyl (C=O) groups excluding carboxylic acids is 2. The van der Waals surface area contributed by atoms with Crippen LogP contribution in [0.15, 0.2) is 60.8 Å². The van der Waals surface area contributed by atoms with Gasteiger partial charge in [-0.1, -0.05) is 248 Å². The van der Waals surface area contributed by atoms with Crippen LogP contribution in [-0.2, 0) is 14.3 Å². The lowest BCUT2D eigenvalue weighted by Gasteiger charge is -2.24. The fourth-order valence-corrected chi connectivity index (χ4v) is 8.40. The van der Waals surface area contributed by atoms with E-state index in [1.54, 1.807) is 0 Å². The molecule has 6 nitrogen and oxygen atoms in total. The van der Waals surface area contributed by atoms with E-state index in [2.05, 4.69) is 80.8 Å². The van der Waals surface area contributed by atoms with E-state index in [4.69, 9.17) is 4.74 Å². The maximum Gasteiger partial charge on any atom is 0.306 e. The van der Waals surface area contributed by atoms with E-state index in [1.807, 2.05) is 6.08 Å². The minimum atomic E-state index is -0.799. The van der Waals surface area contributed by atoms with Crippen molar-refractivity contribution >= 4 is 11.9 Å². The number of esters is 1. The van der Waals surface area contributed by atoms with Crippen LogP contribution in [0.5, 0.6) is 0 Å². The van der Waals surface area contributed by atoms with Crippen molar-refractivity contribution in [3.8, 4) is 0 Å². The zero-order chi connectivity index (χ0) is 47.4. The van der Waals surface area contributed by atoms with Gasteiger partial charge in [-0.25, -0.2) is 0 Å². The summed E-state index contributed by atoms with van der Waals surface area (Å²) < 4.78 is 5.93. The average Bonchev–Trinajstić information content (AvgIpc) is 3.30. The van der Waals surface area contributed by atoms with Gasteiger partial charge in [-0.15, -0.1) is 0 Å². The molecule has 0 saturated heterocycles. The molecule has 0 saturated carbocycles. The van der Waals surface area contributed by atoms with Gasteiger partial charge >= 0.3 is 5.97 Å². The van der Waals surface area contributed by atoms with E-state index >= 15 is 0 Å². The smallest absolute Gasteiger partial charge is 0.306 e. The normalized spacial score (nSPS) is 13.6. The molecular weight excluding hydrogens is 803 g/mol. The van der Waals surface area contributed by atoms with Gasteiger partial charge in [0.15, 0.2) is 0 Å². The van der Waals surface area contributed by atoms with Crippen molar-refractivity contribution in [1.29, 1.82) is 0 Å². The second kappa shape index (κ2) is 52.5. The highest BCUT2D eigenvalue weighted by Crippen LogP contribution is 2.18. The number of amides is 1. The van der Waals surface area contributed by atoms with E-state index in [1.165, 1.54) is 154 Å². The molecule has 0 rings (SSSR count). The lowest BCUT2D eigenvalue weighted by Crippen LogP contribution is -2.46. The average molecular weight is 911 g/mol. The van der Waals surface area contributed by atoms with E-state index in [-0.39, 0.29) is 24.9 Å². The number of hydrogen-bond acceptors (Lipinski definition) is 5. The predicted molar refractivity (Wildman–Crippen MR) is 282 cm³/mol. The van der Waals surface area contributed by atoms with Crippen molar-refractivity contribution in [2.45, 2.75) is 296 Å². The van der Waals surface area contributed by atoms with Crippen molar-refractivity contribution in [3.63, 3.8) is 0 Å². The standard InChI is InChI=1S/C59H107NO5/c1-4-7-10-13-16-19-22-24-26-28-29-30-32-34-37-40-43-46-49-52-59(64)65-55(50-47-44-41-38-35-21-18-15-12-9-6-3)53-58(63)60-56(54-61)57(62)51-48-45-42-39-36-33-31-27-25-23-20-17-14-11-8-5-2/h9,12,15-16,18-19,21,24,26,35,55-57,61-62H,4-8,10-11,13-14,17,20,22-23,25,27-34,36-54H2,1-3H3,(H,60,63)/b12-9+,18-15+,19-16-,26-24-,35-21-. The summed E-state index contributed by atoms with van der Waals surface area (Å²) in [4.78, 5) is 26.2. The molecule has 0 aromatic heterocycles. The number of nitrogens with one attached hydrogen (secondary N) is 1.